The average Bonchev–Trinajstić information content (AvgIpc) is 2.75. The molecular formula is C17H22O4. The third kappa shape index (κ3) is 1.54. The lowest BCUT2D eigenvalue weighted by atomic mass is 9.51. The van der Waals surface area contributed by atoms with Gasteiger partial charge in [-0.05, 0) is 50.0 Å². The highest BCUT2D eigenvalue weighted by molar-refractivity contribution is 5.96. The van der Waals surface area contributed by atoms with Crippen molar-refractivity contribution in [3.63, 3.8) is 0 Å². The molecule has 4 heteroatoms. The first-order chi connectivity index (χ1) is 9.79. The van der Waals surface area contributed by atoms with E-state index in [0.29, 0.717) is 12.3 Å². The van der Waals surface area contributed by atoms with Crippen LogP contribution in [0.25, 0.3) is 0 Å². The lowest BCUT2D eigenvalue weighted by Gasteiger charge is -2.55. The van der Waals surface area contributed by atoms with Gasteiger partial charge in [-0.2, -0.15) is 0 Å². The van der Waals surface area contributed by atoms with Crippen molar-refractivity contribution in [2.75, 3.05) is 0 Å². The maximum atomic E-state index is 12.6. The Bertz CT molecular complexity index is 567. The summed E-state index contributed by atoms with van der Waals surface area (Å²) >= 11 is 0. The van der Waals surface area contributed by atoms with Crippen LogP contribution in [0.5, 0.6) is 0 Å². The molecule has 2 saturated heterocycles. The Labute approximate surface area is 124 Å². The van der Waals surface area contributed by atoms with Gasteiger partial charge < -0.3 is 9.84 Å². The molecule has 5 rings (SSSR count). The molecular weight excluding hydrogens is 268 g/mol. The molecule has 2 heterocycles. The van der Waals surface area contributed by atoms with Crippen LogP contribution >= 0.6 is 0 Å². The minimum Gasteiger partial charge on any atom is -0.481 e. The highest BCUT2D eigenvalue weighted by Gasteiger charge is 2.71. The molecule has 0 amide bonds. The van der Waals surface area contributed by atoms with Gasteiger partial charge in [0.2, 0.25) is 0 Å². The second-order valence-electron chi connectivity index (χ2n) is 8.00. The van der Waals surface area contributed by atoms with Crippen LogP contribution < -0.4 is 0 Å². The molecule has 0 radical (unpaired) electrons. The van der Waals surface area contributed by atoms with Crippen LogP contribution in [0, 0.1) is 22.7 Å². The Hall–Kier alpha value is -1.16. The van der Waals surface area contributed by atoms with Gasteiger partial charge in [-0.3, -0.25) is 9.59 Å². The number of carboxylic acids is 1. The summed E-state index contributed by atoms with van der Waals surface area (Å²) in [6.07, 6.45) is 7.57. The Morgan fingerprint density at radius 3 is 2.90 bits per heavy atom. The highest BCUT2D eigenvalue weighted by Crippen LogP contribution is 2.71. The third-order valence-electron chi connectivity index (χ3n) is 6.77. The zero-order valence-electron chi connectivity index (χ0n) is 12.6. The van der Waals surface area contributed by atoms with E-state index in [4.69, 9.17) is 9.84 Å². The van der Waals surface area contributed by atoms with Gasteiger partial charge in [0.15, 0.2) is 5.78 Å². The minimum absolute atomic E-state index is 0.0282. The van der Waals surface area contributed by atoms with Crippen molar-refractivity contribution in [3.8, 4) is 0 Å². The molecule has 4 fully saturated rings. The van der Waals surface area contributed by atoms with E-state index in [0.717, 1.165) is 19.3 Å². The van der Waals surface area contributed by atoms with E-state index >= 15 is 0 Å². The van der Waals surface area contributed by atoms with Crippen LogP contribution in [-0.2, 0) is 14.3 Å². The quantitative estimate of drug-likeness (QED) is 0.867. The van der Waals surface area contributed by atoms with Gasteiger partial charge in [0, 0.05) is 17.8 Å². The largest absolute Gasteiger partial charge is 0.481 e. The smallest absolute Gasteiger partial charge is 0.303 e. The zero-order valence-corrected chi connectivity index (χ0v) is 12.6. The summed E-state index contributed by atoms with van der Waals surface area (Å²) in [5, 5.41) is 9.03. The summed E-state index contributed by atoms with van der Waals surface area (Å²) in [6.45, 7) is 4.17. The van der Waals surface area contributed by atoms with Crippen LogP contribution in [0.3, 0.4) is 0 Å². The summed E-state index contributed by atoms with van der Waals surface area (Å²) < 4.78 is 6.32. The average molecular weight is 290 g/mol. The SMILES string of the molecule is C[C@]12CC34C=CC(=O)[C@@](C)(CCC(=O)O)[C@@H]3[C@H](C[C@@H]1C4)O2. The van der Waals surface area contributed by atoms with E-state index in [9.17, 15) is 9.59 Å². The van der Waals surface area contributed by atoms with E-state index in [1.54, 1.807) is 6.08 Å². The number of allylic oxidation sites excluding steroid dienone is 2. The van der Waals surface area contributed by atoms with E-state index in [-0.39, 0.29) is 35.2 Å². The Kier molecular flexibility index (Phi) is 2.43. The highest BCUT2D eigenvalue weighted by atomic mass is 16.5. The first-order valence-corrected chi connectivity index (χ1v) is 7.92. The van der Waals surface area contributed by atoms with E-state index in [2.05, 4.69) is 13.0 Å². The molecule has 1 unspecified atom stereocenters. The standard InChI is InChI=1S/C17H22O4/c1-15(5-4-13(19)20)12(18)3-6-17-8-10-7-11(14(15)17)21-16(10,2)9-17/h3,6,10-11,14H,4-5,7-9H2,1-2H3,(H,19,20)/t10-,11+,14+,15-,16+,17?/m1/s1. The second-order valence-corrected chi connectivity index (χ2v) is 8.00. The van der Waals surface area contributed by atoms with Crippen molar-refractivity contribution < 1.29 is 19.4 Å². The molecule has 1 N–H and O–H groups in total. The van der Waals surface area contributed by atoms with Crippen LogP contribution in [-0.4, -0.2) is 28.6 Å². The molecule has 4 nitrogen and oxygen atoms in total. The van der Waals surface area contributed by atoms with Gasteiger partial charge in [-0.25, -0.2) is 0 Å². The van der Waals surface area contributed by atoms with Gasteiger partial charge in [-0.1, -0.05) is 13.0 Å². The minimum atomic E-state index is -0.827. The molecule has 2 saturated carbocycles. The fraction of sp³-hybridized carbons (Fsp3) is 0.765. The zero-order chi connectivity index (χ0) is 15.0. The number of ether oxygens (including phenoxy) is 1. The van der Waals surface area contributed by atoms with Crippen molar-refractivity contribution in [2.24, 2.45) is 22.7 Å². The number of carbonyl (C=O) groups excluding carboxylic acids is 1. The summed E-state index contributed by atoms with van der Waals surface area (Å²) in [4.78, 5) is 23.6. The number of ketones is 1. The fourth-order valence-electron chi connectivity index (χ4n) is 6.01. The van der Waals surface area contributed by atoms with Crippen LogP contribution in [0.2, 0.25) is 0 Å². The maximum absolute atomic E-state index is 12.6. The molecule has 0 aromatic rings. The molecule has 0 aromatic heterocycles. The van der Waals surface area contributed by atoms with Crippen molar-refractivity contribution >= 4 is 11.8 Å². The van der Waals surface area contributed by atoms with Crippen molar-refractivity contribution in [2.45, 2.75) is 57.7 Å². The first kappa shape index (κ1) is 13.5. The molecule has 114 valence electrons. The van der Waals surface area contributed by atoms with E-state index in [1.165, 1.54) is 0 Å². The lowest BCUT2D eigenvalue weighted by Crippen LogP contribution is -2.56. The molecule has 0 aromatic carbocycles. The molecule has 2 aliphatic heterocycles. The number of aliphatic carboxylic acids is 1. The van der Waals surface area contributed by atoms with Crippen molar-refractivity contribution in [1.82, 2.24) is 0 Å². The van der Waals surface area contributed by atoms with Crippen LogP contribution in [0.4, 0.5) is 0 Å². The normalized spacial score (nSPS) is 53.2. The number of hydrogen-bond donors (Lipinski definition) is 1. The third-order valence-corrected chi connectivity index (χ3v) is 6.77. The van der Waals surface area contributed by atoms with Gasteiger partial charge in [-0.15, -0.1) is 0 Å². The first-order valence-electron chi connectivity index (χ1n) is 7.92. The van der Waals surface area contributed by atoms with E-state index < -0.39 is 11.4 Å². The van der Waals surface area contributed by atoms with Gasteiger partial charge in [0.1, 0.15) is 0 Å². The Morgan fingerprint density at radius 1 is 1.48 bits per heavy atom. The van der Waals surface area contributed by atoms with Gasteiger partial charge in [0.25, 0.3) is 0 Å². The van der Waals surface area contributed by atoms with Crippen LogP contribution in [0.15, 0.2) is 12.2 Å². The predicted molar refractivity (Wildman–Crippen MR) is 75.7 cm³/mol. The summed E-state index contributed by atoms with van der Waals surface area (Å²) in [7, 11) is 0. The maximum Gasteiger partial charge on any atom is 0.303 e. The number of hydrogen-bond acceptors (Lipinski definition) is 3. The Balaban J connectivity index is 1.75. The molecule has 3 aliphatic carbocycles. The van der Waals surface area contributed by atoms with Crippen LogP contribution in [0.1, 0.15) is 46.0 Å². The predicted octanol–water partition coefficient (Wildman–Crippen LogP) is 2.57. The molecule has 5 aliphatic rings. The molecule has 1 spiro atoms. The second kappa shape index (κ2) is 3.78. The molecule has 6 atom stereocenters. The number of rotatable bonds is 3. The number of carbonyl (C=O) groups is 2. The topological polar surface area (TPSA) is 63.6 Å². The summed E-state index contributed by atoms with van der Waals surface area (Å²) in [6, 6.07) is 0. The van der Waals surface area contributed by atoms with E-state index in [1.807, 2.05) is 6.92 Å². The monoisotopic (exact) mass is 290 g/mol. The Morgan fingerprint density at radius 2 is 2.24 bits per heavy atom. The molecule has 21 heavy (non-hydrogen) atoms. The van der Waals surface area contributed by atoms with Crippen molar-refractivity contribution in [3.05, 3.63) is 12.2 Å². The van der Waals surface area contributed by atoms with Gasteiger partial charge >= 0.3 is 5.97 Å². The lowest BCUT2D eigenvalue weighted by molar-refractivity contribution is -0.170. The fourth-order valence-corrected chi connectivity index (χ4v) is 6.01. The number of carboxylic acid groups (broad SMARTS) is 1. The molecule has 4 bridgehead atoms. The summed E-state index contributed by atoms with van der Waals surface area (Å²) in [5.74, 6) is 0.00281. The van der Waals surface area contributed by atoms with Gasteiger partial charge in [0.05, 0.1) is 11.7 Å². The summed E-state index contributed by atoms with van der Waals surface area (Å²) in [5.41, 5.74) is -0.560. The van der Waals surface area contributed by atoms with Crippen molar-refractivity contribution in [1.29, 1.82) is 0 Å².